The maximum Gasteiger partial charge on any atom is 0.412 e. The summed E-state index contributed by atoms with van der Waals surface area (Å²) in [5.74, 6) is 0.381. The first-order valence-corrected chi connectivity index (χ1v) is 8.61. The van der Waals surface area contributed by atoms with Gasteiger partial charge in [-0.1, -0.05) is 18.6 Å². The van der Waals surface area contributed by atoms with E-state index in [0.717, 1.165) is 38.6 Å². The third-order valence-corrected chi connectivity index (χ3v) is 3.84. The van der Waals surface area contributed by atoms with Gasteiger partial charge in [-0.05, 0) is 60.3 Å². The highest BCUT2D eigenvalue weighted by Gasteiger charge is 2.35. The molecule has 4 heteroatoms. The number of ether oxygens (including phenoxy) is 2. The van der Waals surface area contributed by atoms with Crippen LogP contribution in [0.3, 0.4) is 0 Å². The van der Waals surface area contributed by atoms with E-state index >= 15 is 0 Å². The van der Waals surface area contributed by atoms with Crippen LogP contribution in [0, 0.1) is 5.92 Å². The minimum atomic E-state index is -0.472. The number of amides is 1. The number of nitrogens with zero attached hydrogens (tertiary/aromatic N) is 1. The molecule has 1 saturated heterocycles. The second-order valence-corrected chi connectivity index (χ2v) is 6.92. The van der Waals surface area contributed by atoms with E-state index in [0.29, 0.717) is 12.5 Å². The summed E-state index contributed by atoms with van der Waals surface area (Å²) in [4.78, 5) is 14.3. The number of carbonyl (C=O) groups is 1. The Morgan fingerprint density at radius 1 is 1.32 bits per heavy atom. The van der Waals surface area contributed by atoms with E-state index in [9.17, 15) is 4.79 Å². The van der Waals surface area contributed by atoms with Crippen molar-refractivity contribution in [3.8, 4) is 0 Å². The summed E-state index contributed by atoms with van der Waals surface area (Å²) < 4.78 is 11.5. The molecule has 128 valence electrons. The number of rotatable bonds is 5. The summed E-state index contributed by atoms with van der Waals surface area (Å²) in [6.45, 7) is 11.1. The highest BCUT2D eigenvalue weighted by molar-refractivity contribution is 5.68. The van der Waals surface area contributed by atoms with Crippen LogP contribution in [0.4, 0.5) is 4.79 Å². The Balaban J connectivity index is 2.83. The molecule has 2 atom stereocenters. The Morgan fingerprint density at radius 2 is 2.05 bits per heavy atom. The van der Waals surface area contributed by atoms with Gasteiger partial charge >= 0.3 is 6.09 Å². The lowest BCUT2D eigenvalue weighted by atomic mass is 9.95. The first kappa shape index (κ1) is 19.0. The van der Waals surface area contributed by atoms with Crippen LogP contribution in [0.5, 0.6) is 0 Å². The van der Waals surface area contributed by atoms with Crippen molar-refractivity contribution in [3.05, 3.63) is 12.2 Å². The number of hydrogen-bond acceptors (Lipinski definition) is 3. The maximum absolute atomic E-state index is 12.5. The molecular weight excluding hydrogens is 278 g/mol. The molecule has 1 amide bonds. The van der Waals surface area contributed by atoms with Gasteiger partial charge in [-0.3, -0.25) is 4.90 Å². The zero-order valence-corrected chi connectivity index (χ0v) is 14.9. The van der Waals surface area contributed by atoms with E-state index in [2.05, 4.69) is 12.2 Å². The van der Waals surface area contributed by atoms with Crippen LogP contribution >= 0.6 is 0 Å². The summed E-state index contributed by atoms with van der Waals surface area (Å²) in [5, 5.41) is 0. The van der Waals surface area contributed by atoms with Gasteiger partial charge in [-0.15, -0.1) is 0 Å². The predicted molar refractivity (Wildman–Crippen MR) is 89.7 cm³/mol. The standard InChI is InChI=1S/C18H33NO3/c1-6-8-9-12-15-13-10-11-14-19(16(15)21-7-2)17(20)22-18(3,4)5/h6,8,15-16H,7,9-14H2,1-5H3/b8-6-. The Labute approximate surface area is 135 Å². The summed E-state index contributed by atoms with van der Waals surface area (Å²) in [6, 6.07) is 0. The van der Waals surface area contributed by atoms with Gasteiger partial charge in [0.2, 0.25) is 0 Å². The molecule has 4 nitrogen and oxygen atoms in total. The Kier molecular flexibility index (Phi) is 7.94. The summed E-state index contributed by atoms with van der Waals surface area (Å²) in [6.07, 6.45) is 9.22. The smallest absolute Gasteiger partial charge is 0.412 e. The van der Waals surface area contributed by atoms with Crippen LogP contribution in [0.1, 0.15) is 66.7 Å². The van der Waals surface area contributed by atoms with Crippen molar-refractivity contribution in [1.29, 1.82) is 0 Å². The predicted octanol–water partition coefficient (Wildman–Crippen LogP) is 4.74. The molecule has 0 saturated carbocycles. The fourth-order valence-electron chi connectivity index (χ4n) is 2.89. The molecular formula is C18H33NO3. The molecule has 1 heterocycles. The molecule has 1 aliphatic heterocycles. The molecule has 0 aromatic carbocycles. The third kappa shape index (κ3) is 6.39. The van der Waals surface area contributed by atoms with Crippen LogP contribution in [-0.2, 0) is 9.47 Å². The number of hydrogen-bond donors (Lipinski definition) is 0. The molecule has 0 N–H and O–H groups in total. The molecule has 0 aliphatic carbocycles. The van der Waals surface area contributed by atoms with Gasteiger partial charge < -0.3 is 9.47 Å². The lowest BCUT2D eigenvalue weighted by molar-refractivity contribution is -0.0886. The third-order valence-electron chi connectivity index (χ3n) is 3.84. The molecule has 1 fully saturated rings. The van der Waals surface area contributed by atoms with E-state index in [4.69, 9.17) is 9.47 Å². The van der Waals surface area contributed by atoms with Gasteiger partial charge in [-0.25, -0.2) is 4.79 Å². The van der Waals surface area contributed by atoms with Crippen molar-refractivity contribution >= 4 is 6.09 Å². The molecule has 0 spiro atoms. The normalized spacial score (nSPS) is 23.6. The van der Waals surface area contributed by atoms with Gasteiger partial charge in [0.1, 0.15) is 11.8 Å². The van der Waals surface area contributed by atoms with Gasteiger partial charge in [0.25, 0.3) is 0 Å². The molecule has 0 aromatic rings. The van der Waals surface area contributed by atoms with Gasteiger partial charge in [0.15, 0.2) is 0 Å². The largest absolute Gasteiger partial charge is 0.444 e. The van der Waals surface area contributed by atoms with Gasteiger partial charge in [-0.2, -0.15) is 0 Å². The van der Waals surface area contributed by atoms with Crippen molar-refractivity contribution in [1.82, 2.24) is 4.90 Å². The topological polar surface area (TPSA) is 38.8 Å². The minimum absolute atomic E-state index is 0.160. The van der Waals surface area contributed by atoms with E-state index in [1.807, 2.05) is 39.5 Å². The lowest BCUT2D eigenvalue weighted by Crippen LogP contribution is -2.47. The zero-order chi connectivity index (χ0) is 16.6. The van der Waals surface area contributed by atoms with Crippen LogP contribution in [0.2, 0.25) is 0 Å². The molecule has 1 aliphatic rings. The number of allylic oxidation sites excluding steroid dienone is 2. The van der Waals surface area contributed by atoms with Crippen LogP contribution < -0.4 is 0 Å². The lowest BCUT2D eigenvalue weighted by Gasteiger charge is -2.35. The van der Waals surface area contributed by atoms with Crippen LogP contribution in [-0.4, -0.2) is 36.0 Å². The average Bonchev–Trinajstić information content (AvgIpc) is 2.61. The molecule has 1 rings (SSSR count). The zero-order valence-electron chi connectivity index (χ0n) is 14.9. The molecule has 0 aromatic heterocycles. The summed E-state index contributed by atoms with van der Waals surface area (Å²) in [5.41, 5.74) is -0.472. The van der Waals surface area contributed by atoms with Crippen LogP contribution in [0.25, 0.3) is 0 Å². The highest BCUT2D eigenvalue weighted by atomic mass is 16.6. The molecule has 0 bridgehead atoms. The Bertz CT molecular complexity index is 360. The molecule has 0 radical (unpaired) electrons. The van der Waals surface area contributed by atoms with E-state index in [-0.39, 0.29) is 12.3 Å². The summed E-state index contributed by atoms with van der Waals surface area (Å²) >= 11 is 0. The molecule has 22 heavy (non-hydrogen) atoms. The monoisotopic (exact) mass is 311 g/mol. The molecule has 2 unspecified atom stereocenters. The van der Waals surface area contributed by atoms with Gasteiger partial charge in [0.05, 0.1) is 0 Å². The number of likely N-dealkylation sites (tertiary alicyclic amines) is 1. The van der Waals surface area contributed by atoms with E-state index in [1.54, 1.807) is 0 Å². The second kappa shape index (κ2) is 9.19. The average molecular weight is 311 g/mol. The van der Waals surface area contributed by atoms with Crippen molar-refractivity contribution in [2.24, 2.45) is 5.92 Å². The van der Waals surface area contributed by atoms with Crippen molar-refractivity contribution in [2.75, 3.05) is 13.2 Å². The minimum Gasteiger partial charge on any atom is -0.444 e. The fraction of sp³-hybridized carbons (Fsp3) is 0.833. The van der Waals surface area contributed by atoms with E-state index in [1.165, 1.54) is 0 Å². The highest BCUT2D eigenvalue weighted by Crippen LogP contribution is 2.29. The van der Waals surface area contributed by atoms with E-state index < -0.39 is 5.60 Å². The van der Waals surface area contributed by atoms with Crippen molar-refractivity contribution in [3.63, 3.8) is 0 Å². The first-order chi connectivity index (χ1) is 10.4. The van der Waals surface area contributed by atoms with Crippen molar-refractivity contribution in [2.45, 2.75) is 78.6 Å². The quantitative estimate of drug-likeness (QED) is 0.688. The van der Waals surface area contributed by atoms with Gasteiger partial charge in [0, 0.05) is 19.1 Å². The van der Waals surface area contributed by atoms with Crippen LogP contribution in [0.15, 0.2) is 12.2 Å². The first-order valence-electron chi connectivity index (χ1n) is 8.61. The van der Waals surface area contributed by atoms with Crippen molar-refractivity contribution < 1.29 is 14.3 Å². The Hall–Kier alpha value is -1.03. The Morgan fingerprint density at radius 3 is 2.64 bits per heavy atom. The maximum atomic E-state index is 12.5. The second-order valence-electron chi connectivity index (χ2n) is 6.92. The summed E-state index contributed by atoms with van der Waals surface area (Å²) in [7, 11) is 0. The SMILES string of the molecule is C/C=C\CCC1CCCCN(C(=O)OC(C)(C)C)C1OCC. The fourth-order valence-corrected chi connectivity index (χ4v) is 2.89. The number of carbonyl (C=O) groups excluding carboxylic acids is 1.